The Bertz CT molecular complexity index is 636. The molecule has 108 valence electrons. The largest absolute Gasteiger partial charge is 0.265 e. The van der Waals surface area contributed by atoms with Crippen LogP contribution in [0.2, 0.25) is 10.0 Å². The van der Waals surface area contributed by atoms with E-state index in [4.69, 9.17) is 23.2 Å². The van der Waals surface area contributed by atoms with Crippen LogP contribution in [0.25, 0.3) is 6.08 Å². The molecule has 0 unspecified atom stereocenters. The van der Waals surface area contributed by atoms with Crippen LogP contribution in [0.4, 0.5) is 0 Å². The molecule has 0 amide bonds. The van der Waals surface area contributed by atoms with Gasteiger partial charge in [0.05, 0.1) is 5.92 Å². The molecule has 5 heteroatoms. The summed E-state index contributed by atoms with van der Waals surface area (Å²) in [6, 6.07) is 14.4. The molecule has 0 saturated carbocycles. The van der Waals surface area contributed by atoms with E-state index in [-0.39, 0.29) is 17.4 Å². The fourth-order valence-corrected chi connectivity index (χ4v) is 2.20. The first-order chi connectivity index (χ1) is 10.0. The first kappa shape index (κ1) is 15.5. The Morgan fingerprint density at radius 1 is 1.00 bits per heavy atom. The van der Waals surface area contributed by atoms with Crippen molar-refractivity contribution in [1.29, 1.82) is 0 Å². The SMILES string of the molecule is O=[N+]([O-])C[C@H](/C=C/c1ccc(Cl)cc1)c1ccc(Cl)cc1. The molecule has 2 aromatic rings. The van der Waals surface area contributed by atoms with Gasteiger partial charge >= 0.3 is 0 Å². The van der Waals surface area contributed by atoms with Gasteiger partial charge in [0.25, 0.3) is 0 Å². The van der Waals surface area contributed by atoms with E-state index < -0.39 is 0 Å². The van der Waals surface area contributed by atoms with Crippen molar-refractivity contribution in [3.8, 4) is 0 Å². The van der Waals surface area contributed by atoms with E-state index in [0.717, 1.165) is 11.1 Å². The van der Waals surface area contributed by atoms with Crippen LogP contribution in [0.3, 0.4) is 0 Å². The van der Waals surface area contributed by atoms with Crippen molar-refractivity contribution in [2.45, 2.75) is 5.92 Å². The molecule has 3 nitrogen and oxygen atoms in total. The highest BCUT2D eigenvalue weighted by atomic mass is 35.5. The average Bonchev–Trinajstić information content (AvgIpc) is 2.46. The summed E-state index contributed by atoms with van der Waals surface area (Å²) < 4.78 is 0. The van der Waals surface area contributed by atoms with E-state index in [0.29, 0.717) is 10.0 Å². The van der Waals surface area contributed by atoms with E-state index in [9.17, 15) is 10.1 Å². The summed E-state index contributed by atoms with van der Waals surface area (Å²) in [7, 11) is 0. The van der Waals surface area contributed by atoms with E-state index in [1.807, 2.05) is 36.4 Å². The van der Waals surface area contributed by atoms with Crippen LogP contribution >= 0.6 is 23.2 Å². The van der Waals surface area contributed by atoms with Gasteiger partial charge in [0.15, 0.2) is 0 Å². The molecule has 0 heterocycles. The lowest BCUT2D eigenvalue weighted by Crippen LogP contribution is -2.10. The molecule has 2 aromatic carbocycles. The summed E-state index contributed by atoms with van der Waals surface area (Å²) >= 11 is 11.7. The number of nitro groups is 1. The number of benzene rings is 2. The maximum Gasteiger partial charge on any atom is 0.214 e. The molecule has 1 atom stereocenters. The van der Waals surface area contributed by atoms with Gasteiger partial charge in [-0.1, -0.05) is 59.6 Å². The van der Waals surface area contributed by atoms with Crippen LogP contribution in [-0.4, -0.2) is 11.5 Å². The average molecular weight is 322 g/mol. The third kappa shape index (κ3) is 4.88. The van der Waals surface area contributed by atoms with Gasteiger partial charge in [0.1, 0.15) is 0 Å². The van der Waals surface area contributed by atoms with Gasteiger partial charge in [0, 0.05) is 15.0 Å². The highest BCUT2D eigenvalue weighted by Crippen LogP contribution is 2.21. The van der Waals surface area contributed by atoms with Crippen molar-refractivity contribution in [2.24, 2.45) is 0 Å². The molecule has 0 spiro atoms. The molecular formula is C16H13Cl2NO2. The van der Waals surface area contributed by atoms with Gasteiger partial charge in [-0.25, -0.2) is 0 Å². The van der Waals surface area contributed by atoms with E-state index >= 15 is 0 Å². The Labute approximate surface area is 133 Å². The van der Waals surface area contributed by atoms with Crippen LogP contribution in [0.15, 0.2) is 54.6 Å². The maximum atomic E-state index is 10.8. The van der Waals surface area contributed by atoms with Crippen molar-refractivity contribution in [3.05, 3.63) is 85.9 Å². The number of hydrogen-bond acceptors (Lipinski definition) is 2. The molecule has 0 saturated heterocycles. The summed E-state index contributed by atoms with van der Waals surface area (Å²) in [5.41, 5.74) is 1.81. The van der Waals surface area contributed by atoms with Crippen molar-refractivity contribution >= 4 is 29.3 Å². The fraction of sp³-hybridized carbons (Fsp3) is 0.125. The monoisotopic (exact) mass is 321 g/mol. The first-order valence-electron chi connectivity index (χ1n) is 6.35. The highest BCUT2D eigenvalue weighted by Gasteiger charge is 2.14. The summed E-state index contributed by atoms with van der Waals surface area (Å²) in [6.45, 7) is -0.161. The van der Waals surface area contributed by atoms with E-state index in [2.05, 4.69) is 0 Å². The second kappa shape index (κ2) is 7.25. The number of halogens is 2. The van der Waals surface area contributed by atoms with Crippen molar-refractivity contribution in [1.82, 2.24) is 0 Å². The van der Waals surface area contributed by atoms with Crippen molar-refractivity contribution in [3.63, 3.8) is 0 Å². The van der Waals surface area contributed by atoms with Gasteiger partial charge < -0.3 is 0 Å². The quantitative estimate of drug-likeness (QED) is 0.570. The van der Waals surface area contributed by atoms with Crippen LogP contribution in [-0.2, 0) is 0 Å². The van der Waals surface area contributed by atoms with Gasteiger partial charge in [-0.05, 0) is 35.4 Å². The smallest absolute Gasteiger partial charge is 0.214 e. The van der Waals surface area contributed by atoms with E-state index in [1.54, 1.807) is 24.3 Å². The minimum Gasteiger partial charge on any atom is -0.265 e. The van der Waals surface area contributed by atoms with Gasteiger partial charge in [-0.15, -0.1) is 0 Å². The summed E-state index contributed by atoms with van der Waals surface area (Å²) in [4.78, 5) is 10.5. The molecule has 0 N–H and O–H groups in total. The lowest BCUT2D eigenvalue weighted by Gasteiger charge is -2.09. The topological polar surface area (TPSA) is 43.1 Å². The molecule has 0 aromatic heterocycles. The van der Waals surface area contributed by atoms with Crippen LogP contribution in [0.1, 0.15) is 17.0 Å². The second-order valence-corrected chi connectivity index (χ2v) is 5.46. The number of nitrogens with zero attached hydrogens (tertiary/aromatic N) is 1. The van der Waals surface area contributed by atoms with Crippen molar-refractivity contribution in [2.75, 3.05) is 6.54 Å². The Morgan fingerprint density at radius 2 is 1.52 bits per heavy atom. The van der Waals surface area contributed by atoms with Crippen molar-refractivity contribution < 1.29 is 4.92 Å². The van der Waals surface area contributed by atoms with Crippen LogP contribution in [0.5, 0.6) is 0 Å². The molecule has 0 bridgehead atoms. The minimum absolute atomic E-state index is 0.161. The molecule has 0 aliphatic carbocycles. The predicted molar refractivity (Wildman–Crippen MR) is 86.5 cm³/mol. The summed E-state index contributed by atoms with van der Waals surface area (Å²) in [6.07, 6.45) is 3.69. The molecule has 0 radical (unpaired) electrons. The lowest BCUT2D eigenvalue weighted by molar-refractivity contribution is -0.481. The lowest BCUT2D eigenvalue weighted by atomic mass is 9.98. The molecular weight excluding hydrogens is 309 g/mol. The first-order valence-corrected chi connectivity index (χ1v) is 7.11. The standard InChI is InChI=1S/C16H13Cl2NO2/c17-15-7-2-12(3-8-15)1-4-14(11-19(20)21)13-5-9-16(18)10-6-13/h1-10,14H,11H2/b4-1+/t14-/m0/s1. The summed E-state index contributed by atoms with van der Waals surface area (Å²) in [5, 5.41) is 12.1. The molecule has 21 heavy (non-hydrogen) atoms. The fourth-order valence-electron chi connectivity index (χ4n) is 1.95. The minimum atomic E-state index is -0.314. The maximum absolute atomic E-state index is 10.8. The molecule has 2 rings (SSSR count). The zero-order valence-electron chi connectivity index (χ0n) is 11.1. The normalized spacial score (nSPS) is 12.5. The van der Waals surface area contributed by atoms with Gasteiger partial charge in [-0.2, -0.15) is 0 Å². The second-order valence-electron chi connectivity index (χ2n) is 4.58. The Balaban J connectivity index is 2.21. The third-order valence-electron chi connectivity index (χ3n) is 3.03. The molecule has 0 aliphatic heterocycles. The van der Waals surface area contributed by atoms with Gasteiger partial charge in [0.2, 0.25) is 6.54 Å². The molecule has 0 aliphatic rings. The Hall–Kier alpha value is -1.84. The number of rotatable bonds is 5. The zero-order chi connectivity index (χ0) is 15.2. The van der Waals surface area contributed by atoms with Gasteiger partial charge in [-0.3, -0.25) is 10.1 Å². The molecule has 0 fully saturated rings. The summed E-state index contributed by atoms with van der Waals surface area (Å²) in [5.74, 6) is -0.298. The zero-order valence-corrected chi connectivity index (χ0v) is 12.6. The number of hydrogen-bond donors (Lipinski definition) is 0. The Kier molecular flexibility index (Phi) is 5.37. The van der Waals surface area contributed by atoms with E-state index in [1.165, 1.54) is 0 Å². The van der Waals surface area contributed by atoms with Crippen LogP contribution in [0, 0.1) is 10.1 Å². The predicted octanol–water partition coefficient (Wildman–Crippen LogP) is 5.07. The van der Waals surface area contributed by atoms with Crippen LogP contribution < -0.4 is 0 Å². The Morgan fingerprint density at radius 3 is 2.05 bits per heavy atom. The highest BCUT2D eigenvalue weighted by molar-refractivity contribution is 6.30. The third-order valence-corrected chi connectivity index (χ3v) is 3.54.